The van der Waals surface area contributed by atoms with Crippen LogP contribution in [0.1, 0.15) is 47.0 Å². The quantitative estimate of drug-likeness (QED) is 0.586. The summed E-state index contributed by atoms with van der Waals surface area (Å²) < 4.78 is 10.9. The molecule has 0 aliphatic carbocycles. The van der Waals surface area contributed by atoms with Gasteiger partial charge < -0.3 is 14.8 Å². The molecule has 0 aliphatic rings. The molecule has 98 valence electrons. The molecule has 0 saturated carbocycles. The van der Waals surface area contributed by atoms with Crippen LogP contribution in [0.4, 0.5) is 0 Å². The summed E-state index contributed by atoms with van der Waals surface area (Å²) in [6.45, 7) is 11.2. The van der Waals surface area contributed by atoms with Crippen molar-refractivity contribution in [2.75, 3.05) is 26.9 Å². The minimum Gasteiger partial charge on any atom is -0.380 e. The Kier molecular flexibility index (Phi) is 8.90. The van der Waals surface area contributed by atoms with E-state index in [0.717, 1.165) is 32.6 Å². The monoisotopic (exact) mass is 231 g/mol. The van der Waals surface area contributed by atoms with Crippen LogP contribution in [0.3, 0.4) is 0 Å². The fraction of sp³-hybridized carbons (Fsp3) is 1.00. The molecule has 1 unspecified atom stereocenters. The van der Waals surface area contributed by atoms with E-state index < -0.39 is 0 Å². The third kappa shape index (κ3) is 9.13. The number of nitrogens with one attached hydrogen (secondary N) is 1. The molecule has 0 heterocycles. The van der Waals surface area contributed by atoms with E-state index in [4.69, 9.17) is 9.47 Å². The molecule has 0 spiro atoms. The molecule has 0 bridgehead atoms. The highest BCUT2D eigenvalue weighted by Gasteiger charge is 2.19. The summed E-state index contributed by atoms with van der Waals surface area (Å²) in [6, 6.07) is 0.463. The summed E-state index contributed by atoms with van der Waals surface area (Å²) in [5, 5.41) is 3.44. The van der Waals surface area contributed by atoms with Gasteiger partial charge in [0.1, 0.15) is 0 Å². The second-order valence-electron chi connectivity index (χ2n) is 4.99. The Labute approximate surface area is 101 Å². The largest absolute Gasteiger partial charge is 0.380 e. The van der Waals surface area contributed by atoms with E-state index in [1.807, 2.05) is 0 Å². The Bertz CT molecular complexity index is 160. The van der Waals surface area contributed by atoms with E-state index in [1.165, 1.54) is 6.42 Å². The van der Waals surface area contributed by atoms with E-state index in [1.54, 1.807) is 7.11 Å². The van der Waals surface area contributed by atoms with Gasteiger partial charge in [0.25, 0.3) is 0 Å². The first-order valence-electron chi connectivity index (χ1n) is 6.38. The van der Waals surface area contributed by atoms with Crippen molar-refractivity contribution in [1.29, 1.82) is 0 Å². The molecule has 0 radical (unpaired) electrons. The van der Waals surface area contributed by atoms with Gasteiger partial charge >= 0.3 is 0 Å². The average Bonchev–Trinajstić information content (AvgIpc) is 2.22. The van der Waals surface area contributed by atoms with Gasteiger partial charge in [0, 0.05) is 26.3 Å². The van der Waals surface area contributed by atoms with E-state index in [-0.39, 0.29) is 5.60 Å². The molecule has 1 atom stereocenters. The summed E-state index contributed by atoms with van der Waals surface area (Å²) in [5.74, 6) is 0. The van der Waals surface area contributed by atoms with Crippen LogP contribution >= 0.6 is 0 Å². The van der Waals surface area contributed by atoms with Crippen LogP contribution in [0.2, 0.25) is 0 Å². The molecular weight excluding hydrogens is 202 g/mol. The average molecular weight is 231 g/mol. The Morgan fingerprint density at radius 3 is 2.50 bits per heavy atom. The Morgan fingerprint density at radius 1 is 1.25 bits per heavy atom. The second kappa shape index (κ2) is 8.97. The lowest BCUT2D eigenvalue weighted by Gasteiger charge is -2.27. The van der Waals surface area contributed by atoms with Crippen LogP contribution in [-0.4, -0.2) is 38.5 Å². The van der Waals surface area contributed by atoms with Crippen LogP contribution in [-0.2, 0) is 9.47 Å². The lowest BCUT2D eigenvalue weighted by molar-refractivity contribution is 0.00788. The summed E-state index contributed by atoms with van der Waals surface area (Å²) in [7, 11) is 1.76. The molecule has 0 rings (SSSR count). The van der Waals surface area contributed by atoms with Gasteiger partial charge in [-0.3, -0.25) is 0 Å². The highest BCUT2D eigenvalue weighted by molar-refractivity contribution is 4.75. The number of hydrogen-bond acceptors (Lipinski definition) is 3. The van der Waals surface area contributed by atoms with E-state index in [2.05, 4.69) is 33.0 Å². The Morgan fingerprint density at radius 2 is 1.94 bits per heavy atom. The standard InChI is InChI=1S/C13H29NO2/c1-6-7-9-16-10-8-14-12(2)11-13(3,4)15-5/h12,14H,6-11H2,1-5H3. The number of rotatable bonds is 10. The number of methoxy groups -OCH3 is 1. The predicted molar refractivity (Wildman–Crippen MR) is 68.9 cm³/mol. The molecule has 0 saturated heterocycles. The minimum absolute atomic E-state index is 0.0461. The zero-order valence-electron chi connectivity index (χ0n) is 11.6. The molecule has 0 aromatic rings. The SMILES string of the molecule is CCCCOCCNC(C)CC(C)(C)OC. The first-order valence-corrected chi connectivity index (χ1v) is 6.38. The summed E-state index contributed by atoms with van der Waals surface area (Å²) in [6.07, 6.45) is 3.37. The molecule has 1 N–H and O–H groups in total. The van der Waals surface area contributed by atoms with Crippen molar-refractivity contribution in [1.82, 2.24) is 5.32 Å². The highest BCUT2D eigenvalue weighted by Crippen LogP contribution is 2.14. The number of hydrogen-bond donors (Lipinski definition) is 1. The summed E-state index contributed by atoms with van der Waals surface area (Å²) >= 11 is 0. The molecule has 0 aliphatic heterocycles. The maximum Gasteiger partial charge on any atom is 0.0637 e. The van der Waals surface area contributed by atoms with Gasteiger partial charge in [0.15, 0.2) is 0 Å². The topological polar surface area (TPSA) is 30.5 Å². The molecule has 0 fully saturated rings. The Balaban J connectivity index is 3.40. The van der Waals surface area contributed by atoms with Crippen molar-refractivity contribution in [3.63, 3.8) is 0 Å². The fourth-order valence-corrected chi connectivity index (χ4v) is 1.62. The lowest BCUT2D eigenvalue weighted by atomic mass is 10.00. The van der Waals surface area contributed by atoms with Crippen molar-refractivity contribution in [2.24, 2.45) is 0 Å². The van der Waals surface area contributed by atoms with E-state index in [9.17, 15) is 0 Å². The van der Waals surface area contributed by atoms with Gasteiger partial charge in [0.05, 0.1) is 12.2 Å². The third-order valence-electron chi connectivity index (χ3n) is 2.73. The molecule has 3 heteroatoms. The van der Waals surface area contributed by atoms with Gasteiger partial charge in [-0.2, -0.15) is 0 Å². The molecule has 16 heavy (non-hydrogen) atoms. The molecular formula is C13H29NO2. The van der Waals surface area contributed by atoms with E-state index >= 15 is 0 Å². The van der Waals surface area contributed by atoms with Crippen LogP contribution in [0.15, 0.2) is 0 Å². The van der Waals surface area contributed by atoms with Crippen LogP contribution in [0, 0.1) is 0 Å². The van der Waals surface area contributed by atoms with Crippen LogP contribution in [0.25, 0.3) is 0 Å². The van der Waals surface area contributed by atoms with Crippen molar-refractivity contribution in [3.8, 4) is 0 Å². The van der Waals surface area contributed by atoms with Crippen molar-refractivity contribution in [2.45, 2.75) is 58.6 Å². The zero-order chi connectivity index (χ0) is 12.4. The number of ether oxygens (including phenoxy) is 2. The van der Waals surface area contributed by atoms with Gasteiger partial charge in [-0.05, 0) is 33.6 Å². The molecule has 3 nitrogen and oxygen atoms in total. The van der Waals surface area contributed by atoms with Gasteiger partial charge in [-0.1, -0.05) is 13.3 Å². The van der Waals surface area contributed by atoms with Crippen molar-refractivity contribution < 1.29 is 9.47 Å². The number of unbranched alkanes of at least 4 members (excludes halogenated alkanes) is 1. The maximum absolute atomic E-state index is 5.49. The second-order valence-corrected chi connectivity index (χ2v) is 4.99. The highest BCUT2D eigenvalue weighted by atomic mass is 16.5. The van der Waals surface area contributed by atoms with Crippen molar-refractivity contribution >= 4 is 0 Å². The van der Waals surface area contributed by atoms with Crippen LogP contribution < -0.4 is 5.32 Å². The first-order chi connectivity index (χ1) is 7.52. The van der Waals surface area contributed by atoms with Gasteiger partial charge in [0.2, 0.25) is 0 Å². The summed E-state index contributed by atoms with van der Waals surface area (Å²) in [5.41, 5.74) is -0.0461. The summed E-state index contributed by atoms with van der Waals surface area (Å²) in [4.78, 5) is 0. The minimum atomic E-state index is -0.0461. The lowest BCUT2D eigenvalue weighted by Crippen LogP contribution is -2.37. The molecule has 0 aromatic heterocycles. The normalized spacial score (nSPS) is 14.1. The Hall–Kier alpha value is -0.120. The molecule has 0 aromatic carbocycles. The van der Waals surface area contributed by atoms with Gasteiger partial charge in [-0.15, -0.1) is 0 Å². The fourth-order valence-electron chi connectivity index (χ4n) is 1.62. The molecule has 0 amide bonds. The predicted octanol–water partition coefficient (Wildman–Crippen LogP) is 2.60. The third-order valence-corrected chi connectivity index (χ3v) is 2.73. The van der Waals surface area contributed by atoms with Crippen molar-refractivity contribution in [3.05, 3.63) is 0 Å². The van der Waals surface area contributed by atoms with Gasteiger partial charge in [-0.25, -0.2) is 0 Å². The first kappa shape index (κ1) is 15.9. The van der Waals surface area contributed by atoms with E-state index in [0.29, 0.717) is 6.04 Å². The maximum atomic E-state index is 5.49. The zero-order valence-corrected chi connectivity index (χ0v) is 11.6. The smallest absolute Gasteiger partial charge is 0.0637 e. The van der Waals surface area contributed by atoms with Crippen LogP contribution in [0.5, 0.6) is 0 Å².